The van der Waals surface area contributed by atoms with Crippen LogP contribution >= 0.6 is 0 Å². The van der Waals surface area contributed by atoms with E-state index in [1.54, 1.807) is 33.4 Å². The van der Waals surface area contributed by atoms with Crippen LogP contribution in [-0.4, -0.2) is 9.13 Å². The predicted molar refractivity (Wildman–Crippen MR) is 620 cm³/mol. The Morgan fingerprint density at radius 3 is 0.913 bits per heavy atom. The Morgan fingerprint density at radius 1 is 0.174 bits per heavy atom. The van der Waals surface area contributed by atoms with Crippen LogP contribution in [0.25, 0.3) is 132 Å². The molecule has 3 spiro atoms. The molecule has 0 unspecified atom stereocenters. The van der Waals surface area contributed by atoms with E-state index in [2.05, 4.69) is 479 Å². The topological polar surface area (TPSA) is 19.6 Å². The summed E-state index contributed by atoms with van der Waals surface area (Å²) in [6, 6.07) is 171. The first kappa shape index (κ1) is 86.3. The largest absolute Gasteiger partial charge is 0.310 e. The number of hydrogen-bond acceptors (Lipinski definition) is 3. The van der Waals surface area contributed by atoms with Gasteiger partial charge in [-0.3, -0.25) is 0 Å². The molecule has 0 amide bonds. The lowest BCUT2D eigenvalue weighted by Gasteiger charge is -2.61. The maximum absolute atomic E-state index is 2.57. The van der Waals surface area contributed by atoms with Crippen molar-refractivity contribution < 1.29 is 0 Å². The molecule has 0 atom stereocenters. The molecular weight excluding hydrogens is 1800 g/mol. The molecule has 0 saturated heterocycles. The van der Waals surface area contributed by atoms with Crippen molar-refractivity contribution in [2.45, 2.75) is 113 Å². The maximum Gasteiger partial charge on any atom is 0.0561 e. The fourth-order valence-electron chi connectivity index (χ4n) is 34.8. The van der Waals surface area contributed by atoms with Crippen molar-refractivity contribution in [3.63, 3.8) is 0 Å². The summed E-state index contributed by atoms with van der Waals surface area (Å²) >= 11 is 0. The Kier molecular flexibility index (Phi) is 19.5. The smallest absolute Gasteiger partial charge is 0.0561 e. The average Bonchev–Trinajstić information content (AvgIpc) is 1.53. The predicted octanol–water partition coefficient (Wildman–Crippen LogP) is 38.0. The van der Waals surface area contributed by atoms with E-state index in [0.717, 1.165) is 71.0 Å². The van der Waals surface area contributed by atoms with Gasteiger partial charge in [0.25, 0.3) is 0 Å². The van der Waals surface area contributed by atoms with E-state index in [-0.39, 0.29) is 16.2 Å². The van der Waals surface area contributed by atoms with Gasteiger partial charge in [0.05, 0.1) is 39.1 Å². The summed E-state index contributed by atoms with van der Waals surface area (Å²) in [5, 5.41) is 12.8. The van der Waals surface area contributed by atoms with Gasteiger partial charge in [0.15, 0.2) is 0 Å². The van der Waals surface area contributed by atoms with E-state index in [1.807, 2.05) is 0 Å². The zero-order valence-electron chi connectivity index (χ0n) is 84.1. The van der Waals surface area contributed by atoms with Crippen molar-refractivity contribution in [1.82, 2.24) is 9.13 Å². The van der Waals surface area contributed by atoms with Gasteiger partial charge in [-0.15, -0.1) is 0 Å². The second-order valence-corrected chi connectivity index (χ2v) is 46.5. The first-order chi connectivity index (χ1) is 73.8. The summed E-state index contributed by atoms with van der Waals surface area (Å²) < 4.78 is 4.86. The second-order valence-electron chi connectivity index (χ2n) is 46.5. The number of benzene rings is 20. The van der Waals surface area contributed by atoms with Crippen LogP contribution in [0, 0.1) is 71.0 Å². The standard InChI is InChI=1S/2C50H40N2.C44H37N/c1-2-11-35-31-40(21-20-34(35)10-1)51(38-22-24-39(25-23-38)52-46-17-7-4-12-41(46)42-13-5-8-18-47(42)52)48-19-9-16-45-49(48)43-14-3-6-15-44(43)50(45)36-27-32-26-33(29-36)30-37(50)28-32;1-2-13-38(14-3-1)52-46-19-9-7-15-41(46)42-24-23-40(31-48(42)52)51(39-22-21-34-11-4-5-12-35(34)30-39)47-20-10-18-45-49(47)43-16-6-8-17-44(43)50(45)36-26-32-25-33(28-36)29-37(50)27-32;1-2-14-35(15-3-1)45(36-16-8-13-32(28-36)38-19-9-12-31-11-4-5-17-37(31)38)42-22-10-21-41-43(42)39-18-6-7-20-40(39)44(41)33-24-29-23-30(26-33)27-34(44)25-29/h1-25,31-33,36-37H,26-30H2;1-24,30-33,36-37H,25-29H2;1-22,28-30,33-34H,23-27H2. The van der Waals surface area contributed by atoms with E-state index >= 15 is 0 Å². The third kappa shape index (κ3) is 12.8. The SMILES string of the molecule is c1ccc(-n2c3ccccc3c3ccc(N(c4ccc5ccccc5c4)c4cccc5c4-c4ccccc4C54C5CC6CC(C5)CC4C6)cc32)cc1.c1ccc(N(c2cccc(-c3cccc4ccccc34)c2)c2cccc3c2-c2ccccc2C32C3CC4CC(C3)CC2C4)cc1.c1ccc2c(c1)-c1c(N(c3ccc(-n4c5ccccc5c5ccccc54)cc3)c3ccc4ccccc4c3)cccc1C21C2CC3CC(C2)CC1C3. The van der Waals surface area contributed by atoms with Gasteiger partial charge in [-0.25, -0.2) is 0 Å². The minimum atomic E-state index is 0.119. The highest BCUT2D eigenvalue weighted by atomic mass is 15.2. The molecule has 0 radical (unpaired) electrons. The highest BCUT2D eigenvalue weighted by molar-refractivity contribution is 6.13. The van der Waals surface area contributed by atoms with E-state index in [1.165, 1.54) is 279 Å². The molecule has 15 aliphatic rings. The number of nitrogens with zero attached hydrogens (tertiary/aromatic N) is 5. The first-order valence-corrected chi connectivity index (χ1v) is 55.7. The molecule has 12 fully saturated rings. The molecular formula is C144H117N5. The van der Waals surface area contributed by atoms with Gasteiger partial charge >= 0.3 is 0 Å². The van der Waals surface area contributed by atoms with Crippen LogP contribution in [0.3, 0.4) is 0 Å². The van der Waals surface area contributed by atoms with Crippen molar-refractivity contribution >= 4 is 127 Å². The van der Waals surface area contributed by atoms with Gasteiger partial charge in [-0.05, 0) is 394 Å². The van der Waals surface area contributed by atoms with Crippen molar-refractivity contribution in [2.75, 3.05) is 14.7 Å². The Balaban J connectivity index is 0.0000000992. The van der Waals surface area contributed by atoms with Gasteiger partial charge in [0, 0.05) is 100.0 Å². The highest BCUT2D eigenvalue weighted by Gasteiger charge is 2.66. The fraction of sp³-hybridized carbons (Fsp3) is 0.208. The van der Waals surface area contributed by atoms with E-state index in [0.29, 0.717) is 0 Å². The van der Waals surface area contributed by atoms with E-state index < -0.39 is 0 Å². The van der Waals surface area contributed by atoms with E-state index in [9.17, 15) is 0 Å². The van der Waals surface area contributed by atoms with Crippen LogP contribution in [-0.2, 0) is 16.2 Å². The van der Waals surface area contributed by atoms with Gasteiger partial charge < -0.3 is 23.8 Å². The minimum absolute atomic E-state index is 0.119. The quantitative estimate of drug-likeness (QED) is 0.122. The fourth-order valence-corrected chi connectivity index (χ4v) is 34.8. The molecule has 5 nitrogen and oxygen atoms in total. The molecule has 0 N–H and O–H groups in total. The average molecular weight is 1920 g/mol. The molecule has 12 bridgehead atoms. The molecule has 2 heterocycles. The van der Waals surface area contributed by atoms with Crippen LogP contribution in [0.5, 0.6) is 0 Å². The molecule has 5 heteroatoms. The van der Waals surface area contributed by atoms with Crippen molar-refractivity contribution in [2.24, 2.45) is 71.0 Å². The number of fused-ring (bicyclic) bond motifs is 18. The van der Waals surface area contributed by atoms with Crippen molar-refractivity contribution in [3.8, 4) is 55.9 Å². The summed E-state index contributed by atoms with van der Waals surface area (Å²) in [5.41, 5.74) is 39.5. The van der Waals surface area contributed by atoms with Crippen molar-refractivity contribution in [1.29, 1.82) is 0 Å². The number of anilines is 9. The lowest BCUT2D eigenvalue weighted by atomic mass is 9.43. The highest BCUT2D eigenvalue weighted by Crippen LogP contribution is 2.75. The maximum atomic E-state index is 2.57. The normalized spacial score (nSPS) is 24.3. The molecule has 22 aromatic rings. The van der Waals surface area contributed by atoms with Crippen molar-refractivity contribution in [3.05, 3.63) is 488 Å². The molecule has 149 heavy (non-hydrogen) atoms. The number of hydrogen-bond donors (Lipinski definition) is 0. The molecule has 37 rings (SSSR count). The van der Waals surface area contributed by atoms with Crippen LogP contribution in [0.15, 0.2) is 455 Å². The minimum Gasteiger partial charge on any atom is -0.310 e. The molecule has 718 valence electrons. The Labute approximate surface area is 872 Å². The Morgan fingerprint density at radius 2 is 0.463 bits per heavy atom. The summed E-state index contributed by atoms with van der Waals surface area (Å²) in [4.78, 5) is 7.65. The summed E-state index contributed by atoms with van der Waals surface area (Å²) in [5.74, 6) is 10.0. The Hall–Kier alpha value is -15.8. The monoisotopic (exact) mass is 1920 g/mol. The first-order valence-electron chi connectivity index (χ1n) is 55.7. The molecule has 15 aliphatic carbocycles. The van der Waals surface area contributed by atoms with E-state index in [4.69, 9.17) is 0 Å². The van der Waals surface area contributed by atoms with Gasteiger partial charge in [0.2, 0.25) is 0 Å². The zero-order valence-corrected chi connectivity index (χ0v) is 84.1. The van der Waals surface area contributed by atoms with Crippen LogP contribution < -0.4 is 14.7 Å². The Bertz CT molecular complexity index is 9040. The number of aromatic nitrogens is 2. The molecule has 12 saturated carbocycles. The molecule has 0 aliphatic heterocycles. The van der Waals surface area contributed by atoms with Gasteiger partial charge in [-0.2, -0.15) is 0 Å². The zero-order chi connectivity index (χ0) is 97.5. The molecule has 20 aromatic carbocycles. The van der Waals surface area contributed by atoms with Gasteiger partial charge in [0.1, 0.15) is 0 Å². The summed E-state index contributed by atoms with van der Waals surface area (Å²) in [7, 11) is 0. The summed E-state index contributed by atoms with van der Waals surface area (Å²) in [6.45, 7) is 0. The molecule has 2 aromatic heterocycles. The summed E-state index contributed by atoms with van der Waals surface area (Å²) in [6.07, 6.45) is 21.2. The third-order valence-corrected chi connectivity index (χ3v) is 39.5. The van der Waals surface area contributed by atoms with Crippen LogP contribution in [0.1, 0.15) is 130 Å². The second kappa shape index (κ2) is 33.6. The third-order valence-electron chi connectivity index (χ3n) is 39.5. The number of para-hydroxylation sites is 5. The lowest BCUT2D eigenvalue weighted by Crippen LogP contribution is -2.55. The number of rotatable bonds is 12. The van der Waals surface area contributed by atoms with Crippen LogP contribution in [0.2, 0.25) is 0 Å². The van der Waals surface area contributed by atoms with Crippen LogP contribution in [0.4, 0.5) is 51.2 Å². The lowest BCUT2D eigenvalue weighted by molar-refractivity contribution is -0.0399. The van der Waals surface area contributed by atoms with Gasteiger partial charge in [-0.1, -0.05) is 322 Å².